The normalized spacial score (nSPS) is 24.3. The molecule has 2 aromatic carbocycles. The summed E-state index contributed by atoms with van der Waals surface area (Å²) >= 11 is 6.09. The van der Waals surface area contributed by atoms with Gasteiger partial charge in [0.1, 0.15) is 18.5 Å². The Balaban J connectivity index is 1.63. The molecule has 0 spiro atoms. The third-order valence-corrected chi connectivity index (χ3v) is 5.69. The van der Waals surface area contributed by atoms with Crippen molar-refractivity contribution in [2.24, 2.45) is 0 Å². The van der Waals surface area contributed by atoms with Crippen LogP contribution in [0.4, 0.5) is 0 Å². The van der Waals surface area contributed by atoms with Crippen molar-refractivity contribution in [1.82, 2.24) is 10.2 Å². The first-order valence-electron chi connectivity index (χ1n) is 9.14. The SMILES string of the molecule is COc1ccc(Cl)cc1C(=O)N1CC[C@@]2(c3ccccc3)NC(=O)CO[C@@H]2C1. The largest absolute Gasteiger partial charge is 0.496 e. The first kappa shape index (κ1) is 18.8. The van der Waals surface area contributed by atoms with Crippen LogP contribution in [0.25, 0.3) is 0 Å². The van der Waals surface area contributed by atoms with Crippen LogP contribution in [0.2, 0.25) is 5.02 Å². The topological polar surface area (TPSA) is 67.9 Å². The van der Waals surface area contributed by atoms with Crippen molar-refractivity contribution < 1.29 is 19.1 Å². The maximum atomic E-state index is 13.2. The minimum Gasteiger partial charge on any atom is -0.496 e. The Bertz CT molecular complexity index is 905. The monoisotopic (exact) mass is 400 g/mol. The van der Waals surface area contributed by atoms with Crippen molar-refractivity contribution in [1.29, 1.82) is 0 Å². The van der Waals surface area contributed by atoms with Gasteiger partial charge in [-0.15, -0.1) is 0 Å². The number of halogens is 1. The molecule has 2 heterocycles. The zero-order valence-electron chi connectivity index (χ0n) is 15.5. The second kappa shape index (κ2) is 7.45. The number of nitrogens with one attached hydrogen (secondary N) is 1. The smallest absolute Gasteiger partial charge is 0.257 e. The quantitative estimate of drug-likeness (QED) is 0.860. The van der Waals surface area contributed by atoms with Gasteiger partial charge in [0.15, 0.2) is 0 Å². The number of amides is 2. The number of carbonyl (C=O) groups is 2. The number of hydrogen-bond acceptors (Lipinski definition) is 4. The van der Waals surface area contributed by atoms with Crippen molar-refractivity contribution in [2.45, 2.75) is 18.1 Å². The lowest BCUT2D eigenvalue weighted by Crippen LogP contribution is -2.67. The van der Waals surface area contributed by atoms with E-state index in [0.29, 0.717) is 35.8 Å². The summed E-state index contributed by atoms with van der Waals surface area (Å²) < 4.78 is 11.2. The van der Waals surface area contributed by atoms with Crippen LogP contribution in [0.3, 0.4) is 0 Å². The van der Waals surface area contributed by atoms with E-state index in [2.05, 4.69) is 5.32 Å². The van der Waals surface area contributed by atoms with E-state index < -0.39 is 5.54 Å². The second-order valence-electron chi connectivity index (χ2n) is 7.03. The lowest BCUT2D eigenvalue weighted by molar-refractivity contribution is -0.150. The van der Waals surface area contributed by atoms with E-state index in [1.165, 1.54) is 7.11 Å². The molecule has 1 N–H and O–H groups in total. The minimum absolute atomic E-state index is 0.0121. The molecular formula is C21H21ClN2O4. The number of carbonyl (C=O) groups excluding carboxylic acids is 2. The van der Waals surface area contributed by atoms with Crippen LogP contribution in [0, 0.1) is 0 Å². The van der Waals surface area contributed by atoms with Crippen molar-refractivity contribution >= 4 is 23.4 Å². The van der Waals surface area contributed by atoms with Crippen molar-refractivity contribution in [3.05, 3.63) is 64.7 Å². The molecule has 2 aromatic rings. The summed E-state index contributed by atoms with van der Waals surface area (Å²) in [6, 6.07) is 14.8. The van der Waals surface area contributed by atoms with Crippen LogP contribution in [-0.2, 0) is 15.1 Å². The highest BCUT2D eigenvalue weighted by Crippen LogP contribution is 2.38. The Morgan fingerprint density at radius 3 is 2.82 bits per heavy atom. The average Bonchev–Trinajstić information content (AvgIpc) is 2.73. The summed E-state index contributed by atoms with van der Waals surface area (Å²) in [6.07, 6.45) is 0.220. The Hall–Kier alpha value is -2.57. The predicted octanol–water partition coefficient (Wildman–Crippen LogP) is 2.61. The lowest BCUT2D eigenvalue weighted by Gasteiger charge is -2.50. The number of hydrogen-bond donors (Lipinski definition) is 1. The molecule has 0 radical (unpaired) electrons. The molecule has 2 aliphatic heterocycles. The minimum atomic E-state index is -0.633. The first-order chi connectivity index (χ1) is 13.5. The van der Waals surface area contributed by atoms with Crippen LogP contribution in [-0.4, -0.2) is 49.6 Å². The number of methoxy groups -OCH3 is 1. The van der Waals surface area contributed by atoms with Crippen LogP contribution < -0.4 is 10.1 Å². The summed E-state index contributed by atoms with van der Waals surface area (Å²) in [5, 5.41) is 3.60. The fourth-order valence-corrected chi connectivity index (χ4v) is 4.23. The number of ether oxygens (including phenoxy) is 2. The van der Waals surface area contributed by atoms with Gasteiger partial charge in [-0.1, -0.05) is 41.9 Å². The number of rotatable bonds is 3. The number of likely N-dealkylation sites (tertiary alicyclic amines) is 1. The summed E-state index contributed by atoms with van der Waals surface area (Å²) in [6.45, 7) is 0.828. The molecule has 2 atom stereocenters. The van der Waals surface area contributed by atoms with E-state index >= 15 is 0 Å². The molecule has 28 heavy (non-hydrogen) atoms. The van der Waals surface area contributed by atoms with Crippen LogP contribution in [0.5, 0.6) is 5.75 Å². The molecule has 2 fully saturated rings. The van der Waals surface area contributed by atoms with Gasteiger partial charge in [-0.05, 0) is 30.2 Å². The van der Waals surface area contributed by atoms with Gasteiger partial charge in [0.05, 0.1) is 18.2 Å². The van der Waals surface area contributed by atoms with Gasteiger partial charge < -0.3 is 19.7 Å². The van der Waals surface area contributed by atoms with E-state index in [1.807, 2.05) is 30.3 Å². The lowest BCUT2D eigenvalue weighted by atomic mass is 9.77. The Labute approximate surface area is 168 Å². The summed E-state index contributed by atoms with van der Waals surface area (Å²) in [5.41, 5.74) is 0.772. The predicted molar refractivity (Wildman–Crippen MR) is 105 cm³/mol. The second-order valence-corrected chi connectivity index (χ2v) is 7.47. The molecular weight excluding hydrogens is 380 g/mol. The highest BCUT2D eigenvalue weighted by molar-refractivity contribution is 6.31. The van der Waals surface area contributed by atoms with Gasteiger partial charge in [0, 0.05) is 18.1 Å². The molecule has 0 unspecified atom stereocenters. The van der Waals surface area contributed by atoms with Gasteiger partial charge >= 0.3 is 0 Å². The number of morpholine rings is 1. The maximum absolute atomic E-state index is 13.2. The molecule has 0 aliphatic carbocycles. The Kier molecular flexibility index (Phi) is 5.00. The summed E-state index contributed by atoms with van der Waals surface area (Å²) in [5.74, 6) is 0.171. The highest BCUT2D eigenvalue weighted by atomic mass is 35.5. The third kappa shape index (κ3) is 3.23. The molecule has 0 saturated carbocycles. The first-order valence-corrected chi connectivity index (χ1v) is 9.52. The third-order valence-electron chi connectivity index (χ3n) is 5.46. The van der Waals surface area contributed by atoms with Gasteiger partial charge in [-0.3, -0.25) is 9.59 Å². The van der Waals surface area contributed by atoms with Gasteiger partial charge in [-0.25, -0.2) is 0 Å². The maximum Gasteiger partial charge on any atom is 0.257 e. The summed E-state index contributed by atoms with van der Waals surface area (Å²) in [4.78, 5) is 27.0. The van der Waals surface area contributed by atoms with Crippen molar-refractivity contribution in [2.75, 3.05) is 26.8 Å². The molecule has 7 heteroatoms. The fraction of sp³-hybridized carbons (Fsp3) is 0.333. The van der Waals surface area contributed by atoms with Crippen LogP contribution >= 0.6 is 11.6 Å². The molecule has 2 aliphatic rings. The molecule has 0 bridgehead atoms. The van der Waals surface area contributed by atoms with E-state index in [4.69, 9.17) is 21.1 Å². The molecule has 0 aromatic heterocycles. The standard InChI is InChI=1S/C21H21ClN2O4/c1-27-17-8-7-15(22)11-16(17)20(26)24-10-9-21(14-5-3-2-4-6-14)18(12-24)28-13-19(25)23-21/h2-8,11,18H,9-10,12-13H2,1H3,(H,23,25)/t18-,21+/m1/s1. The molecule has 4 rings (SSSR count). The van der Waals surface area contributed by atoms with Gasteiger partial charge in [0.2, 0.25) is 5.91 Å². The number of fused-ring (bicyclic) bond motifs is 1. The Morgan fingerprint density at radius 1 is 1.29 bits per heavy atom. The number of piperidine rings is 1. The van der Waals surface area contributed by atoms with E-state index in [1.54, 1.807) is 23.1 Å². The summed E-state index contributed by atoms with van der Waals surface area (Å²) in [7, 11) is 1.52. The molecule has 6 nitrogen and oxygen atoms in total. The highest BCUT2D eigenvalue weighted by Gasteiger charge is 2.50. The van der Waals surface area contributed by atoms with Crippen LogP contribution in [0.15, 0.2) is 48.5 Å². The van der Waals surface area contributed by atoms with E-state index in [9.17, 15) is 9.59 Å². The zero-order chi connectivity index (χ0) is 19.7. The van der Waals surface area contributed by atoms with Crippen LogP contribution in [0.1, 0.15) is 22.3 Å². The Morgan fingerprint density at radius 2 is 2.07 bits per heavy atom. The van der Waals surface area contributed by atoms with E-state index in [0.717, 1.165) is 5.56 Å². The van der Waals surface area contributed by atoms with Crippen molar-refractivity contribution in [3.63, 3.8) is 0 Å². The average molecular weight is 401 g/mol. The van der Waals surface area contributed by atoms with Gasteiger partial charge in [-0.2, -0.15) is 0 Å². The molecule has 146 valence electrons. The fourth-order valence-electron chi connectivity index (χ4n) is 4.06. The van der Waals surface area contributed by atoms with Gasteiger partial charge in [0.25, 0.3) is 5.91 Å². The van der Waals surface area contributed by atoms with E-state index in [-0.39, 0.29) is 24.5 Å². The number of benzene rings is 2. The zero-order valence-corrected chi connectivity index (χ0v) is 16.2. The molecule has 2 amide bonds. The molecule has 2 saturated heterocycles. The number of nitrogens with zero attached hydrogens (tertiary/aromatic N) is 1. The van der Waals surface area contributed by atoms with Crippen molar-refractivity contribution in [3.8, 4) is 5.75 Å².